The molecular formula is C20H22N10O2. The van der Waals surface area contributed by atoms with E-state index < -0.39 is 19.9 Å². The molecule has 3 aromatic rings. The summed E-state index contributed by atoms with van der Waals surface area (Å²) in [6.07, 6.45) is 3.00. The van der Waals surface area contributed by atoms with Crippen LogP contribution in [0.2, 0.25) is 0 Å². The fraction of sp³-hybridized carbons (Fsp3) is 0.350. The molecule has 3 aromatic heterocycles. The van der Waals surface area contributed by atoms with Gasteiger partial charge in [0.15, 0.2) is 17.3 Å². The van der Waals surface area contributed by atoms with Crippen molar-refractivity contribution in [2.45, 2.75) is 19.4 Å². The van der Waals surface area contributed by atoms with Gasteiger partial charge in [-0.15, -0.1) is 10.2 Å². The number of amides is 2. The number of nitrogens with one attached hydrogen (secondary N) is 3. The van der Waals surface area contributed by atoms with E-state index in [0.717, 1.165) is 12.8 Å². The van der Waals surface area contributed by atoms with E-state index in [-0.39, 0.29) is 41.4 Å². The molecule has 0 bridgehead atoms. The van der Waals surface area contributed by atoms with E-state index in [9.17, 15) is 9.59 Å². The van der Waals surface area contributed by atoms with E-state index in [1.165, 1.54) is 12.3 Å². The maximum atomic E-state index is 12.7. The summed E-state index contributed by atoms with van der Waals surface area (Å²) in [5.41, 5.74) is 1.60. The van der Waals surface area contributed by atoms with Crippen molar-refractivity contribution < 1.29 is 17.8 Å². The van der Waals surface area contributed by atoms with E-state index in [1.807, 2.05) is 5.32 Å². The van der Waals surface area contributed by atoms with Crippen LogP contribution in [-0.2, 0) is 18.3 Å². The predicted octanol–water partition coefficient (Wildman–Crippen LogP) is 1.07. The summed E-state index contributed by atoms with van der Waals surface area (Å²) in [6.45, 7) is -5.11. The van der Waals surface area contributed by atoms with E-state index in [1.54, 1.807) is 18.0 Å². The van der Waals surface area contributed by atoms with Gasteiger partial charge in [-0.25, -0.2) is 4.98 Å². The number of nitrogens with zero attached hydrogens (tertiary/aromatic N) is 7. The molecule has 3 N–H and O–H groups in total. The average molecular weight is 441 g/mol. The van der Waals surface area contributed by atoms with E-state index >= 15 is 0 Å². The lowest BCUT2D eigenvalue weighted by Crippen LogP contribution is -2.25. The molecule has 1 aliphatic heterocycles. The lowest BCUT2D eigenvalue weighted by Gasteiger charge is -2.28. The first-order valence-corrected chi connectivity index (χ1v) is 9.75. The smallest absolute Gasteiger partial charge is 0.273 e. The molecule has 5 rings (SSSR count). The summed E-state index contributed by atoms with van der Waals surface area (Å²) in [5.74, 6) is -1.04. The second-order valence-electron chi connectivity index (χ2n) is 7.53. The second-order valence-corrected chi connectivity index (χ2v) is 7.53. The molecule has 0 atom stereocenters. The third kappa shape index (κ3) is 3.49. The van der Waals surface area contributed by atoms with Crippen molar-refractivity contribution in [3.05, 3.63) is 29.7 Å². The minimum atomic E-state index is -2.77. The number of hydrogen-bond acceptors (Lipinski definition) is 9. The highest BCUT2D eigenvalue weighted by molar-refractivity contribution is 6.00. The van der Waals surface area contributed by atoms with Crippen molar-refractivity contribution in [3.8, 4) is 11.3 Å². The third-order valence-corrected chi connectivity index (χ3v) is 5.21. The van der Waals surface area contributed by atoms with E-state index in [4.69, 9.17) is 8.22 Å². The summed E-state index contributed by atoms with van der Waals surface area (Å²) in [5, 5.41) is 23.5. The van der Waals surface area contributed by atoms with Crippen LogP contribution < -0.4 is 20.9 Å². The number of carbonyl (C=O) groups is 2. The first-order chi connectivity index (χ1) is 17.8. The Bertz CT molecular complexity index is 1430. The molecule has 12 nitrogen and oxygen atoms in total. The highest BCUT2D eigenvalue weighted by Gasteiger charge is 2.31. The number of hydrogen-bond donors (Lipinski definition) is 3. The van der Waals surface area contributed by atoms with Crippen LogP contribution in [0.1, 0.15) is 37.2 Å². The molecule has 0 unspecified atom stereocenters. The fourth-order valence-corrected chi connectivity index (χ4v) is 3.56. The van der Waals surface area contributed by atoms with Crippen LogP contribution in [0.25, 0.3) is 11.3 Å². The molecule has 32 heavy (non-hydrogen) atoms. The van der Waals surface area contributed by atoms with Crippen LogP contribution >= 0.6 is 0 Å². The van der Waals surface area contributed by atoms with Gasteiger partial charge in [-0.3, -0.25) is 9.59 Å². The Kier molecular flexibility index (Phi) is 3.32. The minimum Gasteiger partial charge on any atom is -0.365 e. The largest absolute Gasteiger partial charge is 0.365 e. The van der Waals surface area contributed by atoms with E-state index in [2.05, 4.69) is 36.0 Å². The Balaban J connectivity index is 1.55. The van der Waals surface area contributed by atoms with Crippen molar-refractivity contribution in [1.82, 2.24) is 35.5 Å². The Morgan fingerprint density at radius 1 is 1.25 bits per heavy atom. The zero-order chi connectivity index (χ0) is 27.4. The number of carbonyl (C=O) groups excluding carboxylic acids is 2. The first kappa shape index (κ1) is 14.1. The maximum Gasteiger partial charge on any atom is 0.273 e. The van der Waals surface area contributed by atoms with Gasteiger partial charge in [0, 0.05) is 53.0 Å². The van der Waals surface area contributed by atoms with Gasteiger partial charge in [0.2, 0.25) is 5.91 Å². The van der Waals surface area contributed by atoms with Gasteiger partial charge in [0.1, 0.15) is 11.4 Å². The summed E-state index contributed by atoms with van der Waals surface area (Å²) >= 11 is 0. The maximum absolute atomic E-state index is 12.7. The van der Waals surface area contributed by atoms with Gasteiger partial charge in [0.05, 0.1) is 17.9 Å². The molecule has 4 heterocycles. The van der Waals surface area contributed by atoms with Crippen molar-refractivity contribution in [2.24, 2.45) is 12.9 Å². The predicted molar refractivity (Wildman–Crippen MR) is 116 cm³/mol. The molecule has 0 spiro atoms. The van der Waals surface area contributed by atoms with Crippen LogP contribution in [0.15, 0.2) is 18.3 Å². The molecule has 1 saturated carbocycles. The number of pyridine rings is 1. The lowest BCUT2D eigenvalue weighted by atomic mass is 10.0. The molecule has 0 radical (unpaired) electrons. The monoisotopic (exact) mass is 440 g/mol. The Hall–Kier alpha value is -4.09. The van der Waals surface area contributed by atoms with Gasteiger partial charge >= 0.3 is 0 Å². The van der Waals surface area contributed by atoms with Gasteiger partial charge in [-0.1, -0.05) is 0 Å². The number of rotatable bonds is 5. The standard InChI is InChI=1S/C20H22N10O2/c1-21-20(32)16-12(8-14(25-26-16)24-19(31)10-4-5-10)23-18-17-11(6-7-22-18)15-13(9-29(17)2)27-30(3)28-15/h6-8,10H,4-5,9H2,1-3H3,(H,21,32)(H2,22,23,24,25,31)/i1D3,3D3. The molecule has 1 fully saturated rings. The summed E-state index contributed by atoms with van der Waals surface area (Å²) < 4.78 is 44.9. The molecule has 2 amide bonds. The second kappa shape index (κ2) is 7.55. The van der Waals surface area contributed by atoms with Crippen LogP contribution in [0.5, 0.6) is 0 Å². The Morgan fingerprint density at radius 2 is 2.12 bits per heavy atom. The van der Waals surface area contributed by atoms with E-state index in [0.29, 0.717) is 27.4 Å². The number of aromatic nitrogens is 6. The molecule has 1 aliphatic carbocycles. The molecule has 0 saturated heterocycles. The molecule has 2 aliphatic rings. The normalized spacial score (nSPS) is 18.0. The Labute approximate surface area is 191 Å². The molecule has 0 aromatic carbocycles. The van der Waals surface area contributed by atoms with Crippen LogP contribution in [0, 0.1) is 5.92 Å². The van der Waals surface area contributed by atoms with Gasteiger partial charge < -0.3 is 20.9 Å². The van der Waals surface area contributed by atoms with Gasteiger partial charge in [-0.2, -0.15) is 15.0 Å². The lowest BCUT2D eigenvalue weighted by molar-refractivity contribution is -0.117. The number of fused-ring (bicyclic) bond motifs is 3. The van der Waals surface area contributed by atoms with Crippen LogP contribution in [0.4, 0.5) is 23.0 Å². The summed E-state index contributed by atoms with van der Waals surface area (Å²) in [6, 6.07) is 3.02. The SMILES string of the molecule is [2H]C([2H])([2H])NC(=O)c1nnc(NC(=O)C2CC2)cc1Nc1nccc2c1N(C)Cc1nn(C([2H])([2H])[2H])nc1-2. The topological polar surface area (TPSA) is 143 Å². The van der Waals surface area contributed by atoms with Crippen LogP contribution in [-0.4, -0.2) is 56.0 Å². The zero-order valence-electron chi connectivity index (χ0n) is 22.9. The summed E-state index contributed by atoms with van der Waals surface area (Å²) in [7, 11) is 1.75. The highest BCUT2D eigenvalue weighted by atomic mass is 16.2. The van der Waals surface area contributed by atoms with Crippen molar-refractivity contribution in [1.29, 1.82) is 0 Å². The van der Waals surface area contributed by atoms with Gasteiger partial charge in [0.25, 0.3) is 5.91 Å². The minimum absolute atomic E-state index is 0.0408. The fourth-order valence-electron chi connectivity index (χ4n) is 3.56. The van der Waals surface area contributed by atoms with Crippen molar-refractivity contribution >= 4 is 34.8 Å². The van der Waals surface area contributed by atoms with Gasteiger partial charge in [-0.05, 0) is 18.9 Å². The molecule has 164 valence electrons. The average Bonchev–Trinajstić information content (AvgIpc) is 3.56. The quantitative estimate of drug-likeness (QED) is 0.531. The first-order valence-electron chi connectivity index (χ1n) is 12.8. The number of anilines is 4. The molecule has 12 heteroatoms. The Morgan fingerprint density at radius 3 is 2.91 bits per heavy atom. The third-order valence-electron chi connectivity index (χ3n) is 5.21. The number of aryl methyl sites for hydroxylation is 1. The zero-order valence-corrected chi connectivity index (χ0v) is 16.9. The molecular weight excluding hydrogens is 412 g/mol. The van der Waals surface area contributed by atoms with Crippen molar-refractivity contribution in [3.63, 3.8) is 0 Å². The van der Waals surface area contributed by atoms with Crippen molar-refractivity contribution in [2.75, 3.05) is 29.6 Å². The van der Waals surface area contributed by atoms with Crippen LogP contribution in [0.3, 0.4) is 0 Å². The summed E-state index contributed by atoms with van der Waals surface area (Å²) in [4.78, 5) is 31.8. The highest BCUT2D eigenvalue weighted by Crippen LogP contribution is 2.41.